The molecule has 2 aromatic rings. The number of ether oxygens (including phenoxy) is 2. The molecule has 0 amide bonds. The van der Waals surface area contributed by atoms with Gasteiger partial charge in [-0.25, -0.2) is 14.4 Å². The van der Waals surface area contributed by atoms with Gasteiger partial charge in [-0.2, -0.15) is 0 Å². The molecular weight excluding hydrogens is 452 g/mol. The van der Waals surface area contributed by atoms with Crippen LogP contribution in [0.15, 0.2) is 48.5 Å². The van der Waals surface area contributed by atoms with Crippen LogP contribution >= 0.6 is 0 Å². The van der Waals surface area contributed by atoms with Crippen LogP contribution in [0.3, 0.4) is 0 Å². The highest BCUT2D eigenvalue weighted by Gasteiger charge is 2.40. The lowest BCUT2D eigenvalue weighted by molar-refractivity contribution is -0.144. The van der Waals surface area contributed by atoms with Crippen LogP contribution in [0.1, 0.15) is 0 Å². The molecule has 0 atom stereocenters. The summed E-state index contributed by atoms with van der Waals surface area (Å²) in [6, 6.07) is 12.7. The van der Waals surface area contributed by atoms with Gasteiger partial charge in [0.15, 0.2) is 31.1 Å². The number of nitrogens with one attached hydrogen (secondary N) is 1. The minimum Gasteiger partial charge on any atom is -0.488 e. The first-order chi connectivity index (χ1) is 16.1. The monoisotopic (exact) mass is 477 g/mol. The van der Waals surface area contributed by atoms with Gasteiger partial charge in [-0.05, 0) is 18.2 Å². The normalized spacial score (nSPS) is 10.8. The molecule has 0 aliphatic rings. The molecule has 182 valence electrons. The third-order valence-corrected chi connectivity index (χ3v) is 4.61. The van der Waals surface area contributed by atoms with Gasteiger partial charge in [0.2, 0.25) is 0 Å². The van der Waals surface area contributed by atoms with Crippen molar-refractivity contribution in [1.29, 1.82) is 0 Å². The van der Waals surface area contributed by atoms with Gasteiger partial charge in [-0.1, -0.05) is 24.3 Å². The summed E-state index contributed by atoms with van der Waals surface area (Å²) in [7, 11) is 0. The number of aliphatic carboxylic acids is 4. The van der Waals surface area contributed by atoms with Gasteiger partial charge < -0.3 is 35.2 Å². The van der Waals surface area contributed by atoms with E-state index in [0.717, 1.165) is 0 Å². The van der Waals surface area contributed by atoms with Crippen molar-refractivity contribution in [2.24, 2.45) is 0 Å². The summed E-state index contributed by atoms with van der Waals surface area (Å²) in [6.45, 7) is -2.68. The van der Waals surface area contributed by atoms with Crippen LogP contribution in [-0.4, -0.2) is 83.7 Å². The quantitative estimate of drug-likeness (QED) is 0.184. The Morgan fingerprint density at radius 3 is 1.68 bits per heavy atom. The van der Waals surface area contributed by atoms with E-state index in [1.807, 2.05) is 0 Å². The maximum Gasteiger partial charge on any atom is 0.359 e. The minimum absolute atomic E-state index is 0.0108. The van der Waals surface area contributed by atoms with Crippen molar-refractivity contribution in [3.8, 4) is 11.5 Å². The Balaban J connectivity index is 2.20. The molecule has 12 heteroatoms. The van der Waals surface area contributed by atoms with Gasteiger partial charge in [0.1, 0.15) is 25.5 Å². The number of rotatable bonds is 15. The first-order valence-electron chi connectivity index (χ1n) is 10.0. The number of carboxylic acids is 4. The largest absolute Gasteiger partial charge is 0.488 e. The molecule has 0 aliphatic carbocycles. The van der Waals surface area contributed by atoms with Gasteiger partial charge >= 0.3 is 23.9 Å². The Hall–Kier alpha value is -4.32. The molecule has 0 heterocycles. The third-order valence-electron chi connectivity index (χ3n) is 4.61. The molecule has 34 heavy (non-hydrogen) atoms. The van der Waals surface area contributed by atoms with Crippen LogP contribution in [0.5, 0.6) is 11.5 Å². The van der Waals surface area contributed by atoms with Crippen molar-refractivity contribution in [3.63, 3.8) is 0 Å². The Morgan fingerprint density at radius 2 is 1.15 bits per heavy atom. The van der Waals surface area contributed by atoms with Crippen LogP contribution < -0.4 is 19.3 Å². The first kappa shape index (κ1) is 25.9. The number of hydrogen-bond donors (Lipinski definition) is 5. The Labute approximate surface area is 194 Å². The number of nitrogens with zero attached hydrogens (tertiary/aromatic N) is 1. The Bertz CT molecular complexity index is 999. The van der Waals surface area contributed by atoms with Crippen LogP contribution in [0.4, 0.5) is 11.4 Å². The van der Waals surface area contributed by atoms with E-state index in [1.54, 1.807) is 30.3 Å². The molecule has 0 saturated carbocycles. The molecule has 0 saturated heterocycles. The fourth-order valence-electron chi connectivity index (χ4n) is 3.38. The number of benzene rings is 2. The van der Waals surface area contributed by atoms with Crippen LogP contribution in [0.2, 0.25) is 0 Å². The maximum atomic E-state index is 11.5. The summed E-state index contributed by atoms with van der Waals surface area (Å²) >= 11 is 0. The van der Waals surface area contributed by atoms with E-state index in [1.165, 1.54) is 18.2 Å². The lowest BCUT2D eigenvalue weighted by atomic mass is 10.2. The van der Waals surface area contributed by atoms with Crippen LogP contribution in [0, 0.1) is 0 Å². The Kier molecular flexibility index (Phi) is 9.20. The topological polar surface area (TPSA) is 180 Å². The van der Waals surface area contributed by atoms with E-state index in [4.69, 9.17) is 14.6 Å². The third kappa shape index (κ3) is 7.67. The molecule has 0 aromatic heterocycles. The lowest BCUT2D eigenvalue weighted by Crippen LogP contribution is -2.58. The lowest BCUT2D eigenvalue weighted by Gasteiger charge is -2.34. The van der Waals surface area contributed by atoms with Crippen LogP contribution in [0.25, 0.3) is 0 Å². The predicted octanol–water partition coefficient (Wildman–Crippen LogP) is 1.20. The zero-order valence-electron chi connectivity index (χ0n) is 18.0. The summed E-state index contributed by atoms with van der Waals surface area (Å²) < 4.78 is 10.5. The molecule has 12 nitrogen and oxygen atoms in total. The molecule has 0 aliphatic heterocycles. The summed E-state index contributed by atoms with van der Waals surface area (Å²) in [6.07, 6.45) is 0. The second-order valence-electron chi connectivity index (χ2n) is 7.21. The first-order valence-corrected chi connectivity index (χ1v) is 10.0. The fraction of sp³-hybridized carbons (Fsp3) is 0.273. The zero-order chi connectivity index (χ0) is 25.1. The van der Waals surface area contributed by atoms with Gasteiger partial charge in [0, 0.05) is 6.07 Å². The summed E-state index contributed by atoms with van der Waals surface area (Å²) in [5.41, 5.74) is 0.559. The second kappa shape index (κ2) is 12.1. The highest BCUT2D eigenvalue weighted by Crippen LogP contribution is 2.34. The average molecular weight is 477 g/mol. The highest BCUT2D eigenvalue weighted by atomic mass is 16.5. The number of carboxylic acid groups (broad SMARTS) is 4. The molecule has 2 aromatic carbocycles. The van der Waals surface area contributed by atoms with Crippen LogP contribution in [-0.2, 0) is 19.2 Å². The highest BCUT2D eigenvalue weighted by molar-refractivity contribution is 5.82. The van der Waals surface area contributed by atoms with E-state index in [0.29, 0.717) is 11.4 Å². The number of anilines is 1. The average Bonchev–Trinajstić information content (AvgIpc) is 2.74. The van der Waals surface area contributed by atoms with Crippen molar-refractivity contribution >= 4 is 35.3 Å². The number of hydrogen-bond acceptors (Lipinski definition) is 7. The van der Waals surface area contributed by atoms with E-state index < -0.39 is 48.0 Å². The standard InChI is InChI=1S/C22H24N2O10/c25-19(26)11-23-15-5-1-3-7-17(15)33-9-10-34-18-8-4-2-6-16(18)24(12-20(27)28,13-21(29)30)14-22(31)32/h1-8,23H,9-14H2,(H3-,25,26,27,28,29,30,31,32)/p+1. The smallest absolute Gasteiger partial charge is 0.359 e. The minimum atomic E-state index is -1.37. The zero-order valence-corrected chi connectivity index (χ0v) is 18.0. The van der Waals surface area contributed by atoms with Crippen molar-refractivity contribution < 1.29 is 49.1 Å². The molecular formula is C22H25N2O10+. The van der Waals surface area contributed by atoms with Gasteiger partial charge in [-0.3, -0.25) is 9.28 Å². The molecule has 2 rings (SSSR count). The maximum absolute atomic E-state index is 11.5. The number of carbonyl (C=O) groups is 4. The summed E-state index contributed by atoms with van der Waals surface area (Å²) in [5.74, 6) is -4.65. The molecule has 0 spiro atoms. The second-order valence-corrected chi connectivity index (χ2v) is 7.21. The van der Waals surface area contributed by atoms with Gasteiger partial charge in [0.05, 0.1) is 5.69 Å². The Morgan fingerprint density at radius 1 is 0.676 bits per heavy atom. The SMILES string of the molecule is O=C(O)CNc1ccccc1OCCOc1ccccc1[N+](CC(=O)O)(CC(=O)O)CC(=O)O. The number of quaternary nitrogens is 1. The van der Waals surface area contributed by atoms with Crippen molar-refractivity contribution in [3.05, 3.63) is 48.5 Å². The van der Waals surface area contributed by atoms with Crippen molar-refractivity contribution in [2.45, 2.75) is 0 Å². The molecule has 0 unspecified atom stereocenters. The molecule has 0 radical (unpaired) electrons. The van der Waals surface area contributed by atoms with Crippen molar-refractivity contribution in [2.75, 3.05) is 44.7 Å². The van der Waals surface area contributed by atoms with E-state index in [2.05, 4.69) is 5.32 Å². The predicted molar refractivity (Wildman–Crippen MR) is 119 cm³/mol. The van der Waals surface area contributed by atoms with Crippen molar-refractivity contribution in [1.82, 2.24) is 4.48 Å². The molecule has 5 N–H and O–H groups in total. The summed E-state index contributed by atoms with van der Waals surface area (Å²) in [5, 5.41) is 39.6. The van der Waals surface area contributed by atoms with Gasteiger partial charge in [-0.15, -0.1) is 0 Å². The van der Waals surface area contributed by atoms with E-state index >= 15 is 0 Å². The number of para-hydroxylation sites is 4. The molecule has 0 bridgehead atoms. The van der Waals surface area contributed by atoms with E-state index in [-0.39, 0.29) is 31.2 Å². The van der Waals surface area contributed by atoms with Gasteiger partial charge in [0.25, 0.3) is 0 Å². The fourth-order valence-corrected chi connectivity index (χ4v) is 3.38. The summed E-state index contributed by atoms with van der Waals surface area (Å²) in [4.78, 5) is 45.3. The molecule has 0 fully saturated rings. The van der Waals surface area contributed by atoms with E-state index in [9.17, 15) is 34.5 Å².